The third kappa shape index (κ3) is 5.22. The van der Waals surface area contributed by atoms with E-state index in [2.05, 4.69) is 19.2 Å². The van der Waals surface area contributed by atoms with Gasteiger partial charge in [-0.1, -0.05) is 55.8 Å². The molecule has 2 aromatic rings. The Morgan fingerprint density at radius 2 is 1.93 bits per heavy atom. The molecule has 0 fully saturated rings. The average molecular weight is 437 g/mol. The first kappa shape index (κ1) is 21.5. The van der Waals surface area contributed by atoms with Crippen LogP contribution in [0.1, 0.15) is 31.9 Å². The molecule has 1 heterocycles. The molecule has 1 amide bonds. The first-order chi connectivity index (χ1) is 13.6. The number of sulfonamides is 1. The lowest BCUT2D eigenvalue weighted by Crippen LogP contribution is -2.51. The van der Waals surface area contributed by atoms with E-state index in [4.69, 9.17) is 16.3 Å². The minimum Gasteiger partial charge on any atom is -0.476 e. The van der Waals surface area contributed by atoms with E-state index < -0.39 is 16.1 Å². The van der Waals surface area contributed by atoms with E-state index in [1.807, 2.05) is 30.3 Å². The second kappa shape index (κ2) is 8.63. The van der Waals surface area contributed by atoms with Crippen LogP contribution in [0.4, 0.5) is 5.69 Å². The predicted octanol–water partition coefficient (Wildman–Crippen LogP) is 3.77. The summed E-state index contributed by atoms with van der Waals surface area (Å²) < 4.78 is 31.6. The molecule has 1 aliphatic heterocycles. The number of hydrogen-bond acceptors (Lipinski definition) is 4. The first-order valence-electron chi connectivity index (χ1n) is 9.44. The van der Waals surface area contributed by atoms with Crippen molar-refractivity contribution < 1.29 is 17.9 Å². The molecule has 0 spiro atoms. The van der Waals surface area contributed by atoms with Crippen molar-refractivity contribution in [2.75, 3.05) is 17.1 Å². The molecule has 1 N–H and O–H groups in total. The fraction of sp³-hybridized carbons (Fsp3) is 0.381. The van der Waals surface area contributed by atoms with Gasteiger partial charge in [0.15, 0.2) is 6.10 Å². The molecule has 0 unspecified atom stereocenters. The van der Waals surface area contributed by atoms with Crippen molar-refractivity contribution in [3.8, 4) is 5.75 Å². The maximum atomic E-state index is 13.0. The van der Waals surface area contributed by atoms with Gasteiger partial charge in [0.1, 0.15) is 5.75 Å². The van der Waals surface area contributed by atoms with Crippen molar-refractivity contribution in [3.05, 3.63) is 59.1 Å². The van der Waals surface area contributed by atoms with Crippen molar-refractivity contribution in [1.29, 1.82) is 0 Å². The van der Waals surface area contributed by atoms with Crippen LogP contribution in [-0.4, -0.2) is 33.2 Å². The van der Waals surface area contributed by atoms with Gasteiger partial charge in [-0.25, -0.2) is 8.42 Å². The average Bonchev–Trinajstić information content (AvgIpc) is 2.66. The van der Waals surface area contributed by atoms with Gasteiger partial charge in [-0.05, 0) is 36.1 Å². The zero-order valence-electron chi connectivity index (χ0n) is 16.6. The number of benzene rings is 2. The molecule has 2 atom stereocenters. The maximum absolute atomic E-state index is 13.0. The van der Waals surface area contributed by atoms with E-state index in [1.165, 1.54) is 10.4 Å². The standard InChI is InChI=1S/C21H25ClN2O4S/c1-14(2)11-17(15-7-5-4-6-8-15)23-21(25)20-13-24(29(3,26)27)18-12-16(22)9-10-19(18)28-20/h4-10,12,14,17,20H,11,13H2,1-3H3,(H,23,25)/t17-,20+/m0/s1. The summed E-state index contributed by atoms with van der Waals surface area (Å²) in [4.78, 5) is 13.0. The SMILES string of the molecule is CC(C)C[C@H](NC(=O)[C@H]1CN(S(C)(=O)=O)c2cc(Cl)ccc2O1)c1ccccc1. The van der Waals surface area contributed by atoms with E-state index in [1.54, 1.807) is 12.1 Å². The zero-order chi connectivity index (χ0) is 21.2. The van der Waals surface area contributed by atoms with Crippen LogP contribution in [-0.2, 0) is 14.8 Å². The highest BCUT2D eigenvalue weighted by Crippen LogP contribution is 2.37. The Kier molecular flexibility index (Phi) is 6.39. The summed E-state index contributed by atoms with van der Waals surface area (Å²) in [7, 11) is -3.61. The van der Waals surface area contributed by atoms with E-state index in [-0.39, 0.29) is 18.5 Å². The number of carbonyl (C=O) groups is 1. The van der Waals surface area contributed by atoms with E-state index in [0.717, 1.165) is 18.2 Å². The van der Waals surface area contributed by atoms with Crippen LogP contribution >= 0.6 is 11.6 Å². The molecule has 1 aliphatic rings. The maximum Gasteiger partial charge on any atom is 0.263 e. The number of halogens is 1. The Labute approximate surface area is 176 Å². The summed E-state index contributed by atoms with van der Waals surface area (Å²) in [6.07, 6.45) is 0.894. The lowest BCUT2D eigenvalue weighted by Gasteiger charge is -2.35. The minimum atomic E-state index is -3.61. The molecule has 29 heavy (non-hydrogen) atoms. The number of nitrogens with zero attached hydrogens (tertiary/aromatic N) is 1. The minimum absolute atomic E-state index is 0.110. The Hall–Kier alpha value is -2.25. The molecule has 0 saturated heterocycles. The third-order valence-corrected chi connectivity index (χ3v) is 6.09. The van der Waals surface area contributed by atoms with Gasteiger partial charge in [0.2, 0.25) is 10.0 Å². The topological polar surface area (TPSA) is 75.7 Å². The van der Waals surface area contributed by atoms with Gasteiger partial charge in [0.05, 0.1) is 24.5 Å². The number of anilines is 1. The third-order valence-electron chi connectivity index (χ3n) is 4.71. The van der Waals surface area contributed by atoms with Gasteiger partial charge in [-0.3, -0.25) is 9.10 Å². The van der Waals surface area contributed by atoms with Crippen molar-refractivity contribution >= 4 is 33.2 Å². The Balaban J connectivity index is 1.86. The van der Waals surface area contributed by atoms with Gasteiger partial charge in [0, 0.05) is 5.02 Å². The van der Waals surface area contributed by atoms with Crippen molar-refractivity contribution in [2.45, 2.75) is 32.4 Å². The van der Waals surface area contributed by atoms with Gasteiger partial charge >= 0.3 is 0 Å². The number of fused-ring (bicyclic) bond motifs is 1. The predicted molar refractivity (Wildman–Crippen MR) is 115 cm³/mol. The molecule has 0 saturated carbocycles. The van der Waals surface area contributed by atoms with Crippen molar-refractivity contribution in [1.82, 2.24) is 5.32 Å². The lowest BCUT2D eigenvalue weighted by molar-refractivity contribution is -0.128. The number of rotatable bonds is 6. The Morgan fingerprint density at radius 3 is 2.55 bits per heavy atom. The van der Waals surface area contributed by atoms with Crippen molar-refractivity contribution in [2.24, 2.45) is 5.92 Å². The van der Waals surface area contributed by atoms with Gasteiger partial charge in [0.25, 0.3) is 5.91 Å². The molecule has 0 aliphatic carbocycles. The smallest absolute Gasteiger partial charge is 0.263 e. The van der Waals surface area contributed by atoms with Crippen LogP contribution in [0.2, 0.25) is 5.02 Å². The number of ether oxygens (including phenoxy) is 1. The molecule has 2 aromatic carbocycles. The molecular weight excluding hydrogens is 412 g/mol. The highest BCUT2D eigenvalue weighted by Gasteiger charge is 2.36. The van der Waals surface area contributed by atoms with Gasteiger partial charge in [-0.2, -0.15) is 0 Å². The number of amides is 1. The Morgan fingerprint density at radius 1 is 1.24 bits per heavy atom. The normalized spacial score (nSPS) is 17.4. The molecule has 3 rings (SSSR count). The van der Waals surface area contributed by atoms with Crippen LogP contribution in [0.3, 0.4) is 0 Å². The summed E-state index contributed by atoms with van der Waals surface area (Å²) in [6, 6.07) is 14.2. The summed E-state index contributed by atoms with van der Waals surface area (Å²) in [5.74, 6) is 0.322. The highest BCUT2D eigenvalue weighted by molar-refractivity contribution is 7.92. The molecule has 0 aromatic heterocycles. The van der Waals surface area contributed by atoms with Gasteiger partial charge < -0.3 is 10.1 Å². The molecule has 0 radical (unpaired) electrons. The number of carbonyl (C=O) groups excluding carboxylic acids is 1. The summed E-state index contributed by atoms with van der Waals surface area (Å²) in [5, 5.41) is 3.43. The molecule has 156 valence electrons. The van der Waals surface area contributed by atoms with Crippen LogP contribution in [0, 0.1) is 5.92 Å². The van der Waals surface area contributed by atoms with Crippen LogP contribution in [0.25, 0.3) is 0 Å². The molecular formula is C21H25ClN2O4S. The first-order valence-corrected chi connectivity index (χ1v) is 11.7. The summed E-state index contributed by atoms with van der Waals surface area (Å²) >= 11 is 6.02. The second-order valence-corrected chi connectivity index (χ2v) is 9.96. The van der Waals surface area contributed by atoms with E-state index in [0.29, 0.717) is 22.4 Å². The highest BCUT2D eigenvalue weighted by atomic mass is 35.5. The van der Waals surface area contributed by atoms with Crippen LogP contribution < -0.4 is 14.4 Å². The molecule has 0 bridgehead atoms. The van der Waals surface area contributed by atoms with E-state index >= 15 is 0 Å². The summed E-state index contributed by atoms with van der Waals surface area (Å²) in [5.41, 5.74) is 1.34. The number of nitrogens with one attached hydrogen (secondary N) is 1. The van der Waals surface area contributed by atoms with E-state index in [9.17, 15) is 13.2 Å². The summed E-state index contributed by atoms with van der Waals surface area (Å²) in [6.45, 7) is 4.07. The van der Waals surface area contributed by atoms with Crippen LogP contribution in [0.5, 0.6) is 5.75 Å². The number of hydrogen-bond donors (Lipinski definition) is 1. The largest absolute Gasteiger partial charge is 0.476 e. The second-order valence-electron chi connectivity index (χ2n) is 7.61. The van der Waals surface area contributed by atoms with Crippen LogP contribution in [0.15, 0.2) is 48.5 Å². The quantitative estimate of drug-likeness (QED) is 0.747. The zero-order valence-corrected chi connectivity index (χ0v) is 18.2. The van der Waals surface area contributed by atoms with Crippen molar-refractivity contribution in [3.63, 3.8) is 0 Å². The lowest BCUT2D eigenvalue weighted by atomic mass is 9.96. The molecule has 8 heteroatoms. The fourth-order valence-corrected chi connectivity index (χ4v) is 4.45. The Bertz CT molecular complexity index is 979. The fourth-order valence-electron chi connectivity index (χ4n) is 3.37. The molecule has 6 nitrogen and oxygen atoms in total. The monoisotopic (exact) mass is 436 g/mol. The van der Waals surface area contributed by atoms with Gasteiger partial charge in [-0.15, -0.1) is 0 Å².